The molecule has 3 heteroatoms. The first-order valence-electron chi connectivity index (χ1n) is 9.68. The Morgan fingerprint density at radius 3 is 1.68 bits per heavy atom. The topological polar surface area (TPSA) is 6.48 Å². The van der Waals surface area contributed by atoms with Crippen LogP contribution in [0.15, 0.2) is 109 Å². The van der Waals surface area contributed by atoms with E-state index in [1.807, 2.05) is 0 Å². The van der Waals surface area contributed by atoms with Gasteiger partial charge >= 0.3 is 6.98 Å². The molecular weight excluding hydrogens is 339 g/mol. The minimum absolute atomic E-state index is 0.0575. The van der Waals surface area contributed by atoms with Crippen molar-refractivity contribution in [1.82, 2.24) is 0 Å². The van der Waals surface area contributed by atoms with Gasteiger partial charge in [-0.25, -0.2) is 0 Å². The predicted octanol–water partition coefficient (Wildman–Crippen LogP) is 5.68. The lowest BCUT2D eigenvalue weighted by Gasteiger charge is -2.30. The summed E-state index contributed by atoms with van der Waals surface area (Å²) in [5.74, 6) is 0. The highest BCUT2D eigenvalue weighted by molar-refractivity contribution is 6.84. The van der Waals surface area contributed by atoms with E-state index in [2.05, 4.69) is 126 Å². The summed E-state index contributed by atoms with van der Waals surface area (Å²) in [4.78, 5) is 4.91. The molecule has 4 aromatic carbocycles. The van der Waals surface area contributed by atoms with Crippen LogP contribution in [0.3, 0.4) is 0 Å². The Morgan fingerprint density at radius 2 is 1.07 bits per heavy atom. The van der Waals surface area contributed by atoms with E-state index >= 15 is 0 Å². The Kier molecular flexibility index (Phi) is 4.14. The summed E-state index contributed by atoms with van der Waals surface area (Å²) in [6.07, 6.45) is 0. The van der Waals surface area contributed by atoms with Crippen LogP contribution >= 0.6 is 0 Å². The number of benzene rings is 4. The largest absolute Gasteiger partial charge is 0.420 e. The van der Waals surface area contributed by atoms with Crippen LogP contribution in [0.1, 0.15) is 5.56 Å². The van der Waals surface area contributed by atoms with Crippen molar-refractivity contribution in [2.45, 2.75) is 6.92 Å². The molecule has 0 bridgehead atoms. The van der Waals surface area contributed by atoms with E-state index in [-0.39, 0.29) is 6.98 Å². The van der Waals surface area contributed by atoms with Crippen molar-refractivity contribution >= 4 is 35.2 Å². The Balaban J connectivity index is 1.80. The quantitative estimate of drug-likeness (QED) is 0.434. The van der Waals surface area contributed by atoms with Gasteiger partial charge in [0, 0.05) is 11.4 Å². The molecule has 0 amide bonds. The summed E-state index contributed by atoms with van der Waals surface area (Å²) in [5.41, 5.74) is 7.45. The average molecular weight is 360 g/mol. The number of hydrogen-bond donors (Lipinski definition) is 0. The number of hydrogen-bond acceptors (Lipinski definition) is 2. The third-order valence-electron chi connectivity index (χ3n) is 5.37. The summed E-state index contributed by atoms with van der Waals surface area (Å²) in [6, 6.07) is 38.7. The van der Waals surface area contributed by atoms with E-state index in [4.69, 9.17) is 0 Å². The van der Waals surface area contributed by atoms with Crippen LogP contribution in [-0.2, 0) is 0 Å². The van der Waals surface area contributed by atoms with Crippen LogP contribution < -0.4 is 15.1 Å². The van der Waals surface area contributed by atoms with Gasteiger partial charge in [-0.05, 0) is 48.3 Å². The van der Waals surface area contributed by atoms with E-state index in [1.54, 1.807) is 0 Å². The Bertz CT molecular complexity index is 1080. The molecule has 0 spiro atoms. The first-order valence-corrected chi connectivity index (χ1v) is 9.68. The van der Waals surface area contributed by atoms with Gasteiger partial charge in [0.1, 0.15) is 0 Å². The lowest BCUT2D eigenvalue weighted by atomic mass is 9.64. The maximum atomic E-state index is 2.47. The van der Waals surface area contributed by atoms with Gasteiger partial charge in [-0.2, -0.15) is 0 Å². The van der Waals surface area contributed by atoms with Crippen molar-refractivity contribution < 1.29 is 0 Å². The van der Waals surface area contributed by atoms with Gasteiger partial charge in [-0.3, -0.25) is 0 Å². The normalized spacial score (nSPS) is 13.0. The highest BCUT2D eigenvalue weighted by Gasteiger charge is 2.43. The number of para-hydroxylation sites is 3. The van der Waals surface area contributed by atoms with E-state index in [1.165, 1.54) is 33.8 Å². The molecule has 5 rings (SSSR count). The molecule has 134 valence electrons. The van der Waals surface area contributed by atoms with Crippen LogP contribution in [0.25, 0.3) is 0 Å². The van der Waals surface area contributed by atoms with Crippen LogP contribution in [-0.4, -0.2) is 6.98 Å². The number of aryl methyl sites for hydroxylation is 1. The van der Waals surface area contributed by atoms with Crippen molar-refractivity contribution in [2.75, 3.05) is 9.62 Å². The minimum atomic E-state index is 0.0575. The first-order chi connectivity index (χ1) is 13.8. The third-order valence-corrected chi connectivity index (χ3v) is 5.37. The number of anilines is 4. The highest BCUT2D eigenvalue weighted by atomic mass is 15.3. The third kappa shape index (κ3) is 2.68. The highest BCUT2D eigenvalue weighted by Crippen LogP contribution is 2.47. The van der Waals surface area contributed by atoms with Crippen LogP contribution in [0.4, 0.5) is 22.7 Å². The molecule has 0 radical (unpaired) electrons. The molecule has 0 aliphatic carbocycles. The molecule has 2 nitrogen and oxygen atoms in total. The number of nitrogens with zero attached hydrogens (tertiary/aromatic N) is 2. The first kappa shape index (κ1) is 16.7. The lowest BCUT2D eigenvalue weighted by Crippen LogP contribution is -2.53. The molecule has 0 saturated heterocycles. The number of rotatable bonds is 3. The molecule has 4 aromatic rings. The zero-order chi connectivity index (χ0) is 18.9. The lowest BCUT2D eigenvalue weighted by molar-refractivity contribution is 1.36. The summed E-state index contributed by atoms with van der Waals surface area (Å²) in [5, 5.41) is 0. The predicted molar refractivity (Wildman–Crippen MR) is 120 cm³/mol. The van der Waals surface area contributed by atoms with E-state index in [0.717, 1.165) is 0 Å². The maximum absolute atomic E-state index is 2.47. The molecule has 28 heavy (non-hydrogen) atoms. The maximum Gasteiger partial charge on any atom is 0.420 e. The van der Waals surface area contributed by atoms with Gasteiger partial charge in [0.15, 0.2) is 0 Å². The monoisotopic (exact) mass is 360 g/mol. The molecule has 0 atom stereocenters. The molecular formula is C25H21BN2. The van der Waals surface area contributed by atoms with Crippen molar-refractivity contribution in [2.24, 2.45) is 0 Å². The average Bonchev–Trinajstić information content (AvgIpc) is 3.12. The van der Waals surface area contributed by atoms with Crippen molar-refractivity contribution in [3.8, 4) is 0 Å². The standard InChI is InChI=1S/C25H21BN2/c1-20-12-11-19-24-25(20)28(23-17-9-4-10-18-23)26(21-13-5-2-6-14-21)27(24)22-15-7-3-8-16-22/h2-19H,1H3. The van der Waals surface area contributed by atoms with Crippen molar-refractivity contribution in [1.29, 1.82) is 0 Å². The summed E-state index contributed by atoms with van der Waals surface area (Å²) in [6.45, 7) is 2.26. The van der Waals surface area contributed by atoms with E-state index < -0.39 is 0 Å². The minimum Gasteiger partial charge on any atom is -0.360 e. The second-order valence-electron chi connectivity index (χ2n) is 7.14. The smallest absolute Gasteiger partial charge is 0.360 e. The van der Waals surface area contributed by atoms with Crippen LogP contribution in [0.2, 0.25) is 0 Å². The Morgan fingerprint density at radius 1 is 0.536 bits per heavy atom. The van der Waals surface area contributed by atoms with Gasteiger partial charge in [-0.15, -0.1) is 0 Å². The van der Waals surface area contributed by atoms with Gasteiger partial charge in [0.2, 0.25) is 0 Å². The van der Waals surface area contributed by atoms with Gasteiger partial charge in [0.25, 0.3) is 0 Å². The molecule has 1 aliphatic rings. The molecule has 0 fully saturated rings. The van der Waals surface area contributed by atoms with Crippen molar-refractivity contribution in [3.05, 3.63) is 115 Å². The number of fused-ring (bicyclic) bond motifs is 1. The molecule has 0 saturated carbocycles. The summed E-state index contributed by atoms with van der Waals surface area (Å²) in [7, 11) is 0. The van der Waals surface area contributed by atoms with Crippen LogP contribution in [0, 0.1) is 6.92 Å². The fourth-order valence-corrected chi connectivity index (χ4v) is 4.17. The zero-order valence-corrected chi connectivity index (χ0v) is 15.9. The van der Waals surface area contributed by atoms with Crippen LogP contribution in [0.5, 0.6) is 0 Å². The SMILES string of the molecule is Cc1cccc2c1N(c1ccccc1)B(c1ccccc1)N2c1ccccc1. The Labute approximate surface area is 166 Å². The van der Waals surface area contributed by atoms with Gasteiger partial charge in [0.05, 0.1) is 11.4 Å². The summed E-state index contributed by atoms with van der Waals surface area (Å²) < 4.78 is 0. The second kappa shape index (κ2) is 6.93. The summed E-state index contributed by atoms with van der Waals surface area (Å²) >= 11 is 0. The molecule has 0 aromatic heterocycles. The zero-order valence-electron chi connectivity index (χ0n) is 15.9. The second-order valence-corrected chi connectivity index (χ2v) is 7.14. The fraction of sp³-hybridized carbons (Fsp3) is 0.0400. The van der Waals surface area contributed by atoms with E-state index in [0.29, 0.717) is 0 Å². The fourth-order valence-electron chi connectivity index (χ4n) is 4.17. The van der Waals surface area contributed by atoms with E-state index in [9.17, 15) is 0 Å². The molecule has 0 N–H and O–H groups in total. The van der Waals surface area contributed by atoms with Gasteiger partial charge < -0.3 is 9.62 Å². The molecule has 0 unspecified atom stereocenters. The van der Waals surface area contributed by atoms with Crippen molar-refractivity contribution in [3.63, 3.8) is 0 Å². The Hall–Kier alpha value is -3.46. The molecule has 1 heterocycles. The molecule has 1 aliphatic heterocycles. The van der Waals surface area contributed by atoms with Gasteiger partial charge in [-0.1, -0.05) is 78.9 Å².